The number of aromatic nitrogens is 3. The van der Waals surface area contributed by atoms with E-state index in [-0.39, 0.29) is 18.5 Å². The lowest BCUT2D eigenvalue weighted by atomic mass is 10.1. The van der Waals surface area contributed by atoms with Gasteiger partial charge in [0.2, 0.25) is 5.91 Å². The molecule has 21 heavy (non-hydrogen) atoms. The number of hydrogen-bond donors (Lipinski definition) is 2. The molecule has 0 aliphatic rings. The van der Waals surface area contributed by atoms with E-state index in [1.54, 1.807) is 12.3 Å². The summed E-state index contributed by atoms with van der Waals surface area (Å²) in [7, 11) is 1.83. The average Bonchev–Trinajstić information content (AvgIpc) is 2.86. The summed E-state index contributed by atoms with van der Waals surface area (Å²) in [6.07, 6.45) is 1.75. The average molecular weight is 308 g/mol. The van der Waals surface area contributed by atoms with Crippen LogP contribution in [-0.4, -0.2) is 27.9 Å². The number of halogens is 1. The van der Waals surface area contributed by atoms with Crippen molar-refractivity contribution in [2.75, 3.05) is 7.05 Å². The SMILES string of the molecule is CNCc1cn(CC(=O)NC(C)c2ccccc2Cl)nn1. The van der Waals surface area contributed by atoms with Crippen molar-refractivity contribution in [1.29, 1.82) is 0 Å². The number of amides is 1. The fourth-order valence-electron chi connectivity index (χ4n) is 2.02. The van der Waals surface area contributed by atoms with E-state index in [2.05, 4.69) is 20.9 Å². The van der Waals surface area contributed by atoms with Crippen LogP contribution in [-0.2, 0) is 17.9 Å². The monoisotopic (exact) mass is 307 g/mol. The molecular formula is C14H18ClN5O. The Morgan fingerprint density at radius 1 is 1.43 bits per heavy atom. The van der Waals surface area contributed by atoms with Crippen molar-refractivity contribution in [2.24, 2.45) is 0 Å². The van der Waals surface area contributed by atoms with Gasteiger partial charge in [-0.25, -0.2) is 4.68 Å². The zero-order valence-corrected chi connectivity index (χ0v) is 12.8. The van der Waals surface area contributed by atoms with Crippen molar-refractivity contribution in [3.63, 3.8) is 0 Å². The summed E-state index contributed by atoms with van der Waals surface area (Å²) in [6.45, 7) is 2.65. The molecule has 2 rings (SSSR count). The quantitative estimate of drug-likeness (QED) is 0.849. The molecule has 2 N–H and O–H groups in total. The van der Waals surface area contributed by atoms with Crippen LogP contribution in [0.3, 0.4) is 0 Å². The van der Waals surface area contributed by atoms with Gasteiger partial charge < -0.3 is 10.6 Å². The summed E-state index contributed by atoms with van der Waals surface area (Å²) in [4.78, 5) is 12.0. The van der Waals surface area contributed by atoms with Crippen LogP contribution in [0, 0.1) is 0 Å². The fourth-order valence-corrected chi connectivity index (χ4v) is 2.32. The first-order valence-electron chi connectivity index (χ1n) is 6.67. The second-order valence-electron chi connectivity index (χ2n) is 4.75. The van der Waals surface area contributed by atoms with E-state index in [0.717, 1.165) is 11.3 Å². The highest BCUT2D eigenvalue weighted by Gasteiger charge is 2.13. The van der Waals surface area contributed by atoms with Crippen LogP contribution in [0.4, 0.5) is 0 Å². The summed E-state index contributed by atoms with van der Waals surface area (Å²) >= 11 is 6.12. The van der Waals surface area contributed by atoms with Crippen LogP contribution in [0.2, 0.25) is 5.02 Å². The lowest BCUT2D eigenvalue weighted by Crippen LogP contribution is -2.30. The molecule has 0 saturated carbocycles. The van der Waals surface area contributed by atoms with E-state index in [1.165, 1.54) is 4.68 Å². The Labute approximate surface area is 128 Å². The highest BCUT2D eigenvalue weighted by Crippen LogP contribution is 2.21. The minimum absolute atomic E-state index is 0.130. The highest BCUT2D eigenvalue weighted by atomic mass is 35.5. The Hall–Kier alpha value is -1.92. The molecule has 0 aliphatic heterocycles. The predicted molar refractivity (Wildman–Crippen MR) is 80.8 cm³/mol. The summed E-state index contributed by atoms with van der Waals surface area (Å²) in [6, 6.07) is 7.30. The molecule has 0 saturated heterocycles. The van der Waals surface area contributed by atoms with Crippen LogP contribution in [0.1, 0.15) is 24.2 Å². The molecule has 1 amide bonds. The van der Waals surface area contributed by atoms with Crippen molar-refractivity contribution < 1.29 is 4.79 Å². The summed E-state index contributed by atoms with van der Waals surface area (Å²) in [5.41, 5.74) is 1.69. The van der Waals surface area contributed by atoms with E-state index in [0.29, 0.717) is 11.6 Å². The van der Waals surface area contributed by atoms with Crippen molar-refractivity contribution in [3.8, 4) is 0 Å². The van der Waals surface area contributed by atoms with Crippen LogP contribution >= 0.6 is 11.6 Å². The van der Waals surface area contributed by atoms with Gasteiger partial charge in [-0.1, -0.05) is 35.0 Å². The molecule has 0 spiro atoms. The minimum Gasteiger partial charge on any atom is -0.348 e. The molecule has 112 valence electrons. The summed E-state index contributed by atoms with van der Waals surface area (Å²) < 4.78 is 1.52. The van der Waals surface area contributed by atoms with Crippen LogP contribution in [0.15, 0.2) is 30.5 Å². The molecule has 1 aromatic heterocycles. The van der Waals surface area contributed by atoms with Crippen LogP contribution < -0.4 is 10.6 Å². The highest BCUT2D eigenvalue weighted by molar-refractivity contribution is 6.31. The number of hydrogen-bond acceptors (Lipinski definition) is 4. The Kier molecular flexibility index (Phi) is 5.30. The maximum Gasteiger partial charge on any atom is 0.242 e. The molecule has 0 radical (unpaired) electrons. The van der Waals surface area contributed by atoms with Crippen molar-refractivity contribution in [2.45, 2.75) is 26.1 Å². The topological polar surface area (TPSA) is 71.8 Å². The van der Waals surface area contributed by atoms with Crippen molar-refractivity contribution in [1.82, 2.24) is 25.6 Å². The number of rotatable bonds is 6. The van der Waals surface area contributed by atoms with Gasteiger partial charge in [0.1, 0.15) is 6.54 Å². The number of nitrogens with one attached hydrogen (secondary N) is 2. The van der Waals surface area contributed by atoms with E-state index in [9.17, 15) is 4.79 Å². The van der Waals surface area contributed by atoms with E-state index in [1.807, 2.05) is 32.2 Å². The summed E-state index contributed by atoms with van der Waals surface area (Å²) in [5.74, 6) is -0.136. The van der Waals surface area contributed by atoms with Gasteiger partial charge in [0.15, 0.2) is 0 Å². The van der Waals surface area contributed by atoms with Gasteiger partial charge in [-0.15, -0.1) is 5.10 Å². The molecule has 6 nitrogen and oxygen atoms in total. The van der Waals surface area contributed by atoms with Gasteiger partial charge >= 0.3 is 0 Å². The third-order valence-corrected chi connectivity index (χ3v) is 3.34. The van der Waals surface area contributed by atoms with E-state index in [4.69, 9.17) is 11.6 Å². The Morgan fingerprint density at radius 3 is 2.90 bits per heavy atom. The smallest absolute Gasteiger partial charge is 0.242 e. The molecular weight excluding hydrogens is 290 g/mol. The van der Waals surface area contributed by atoms with Crippen molar-refractivity contribution >= 4 is 17.5 Å². The zero-order valence-electron chi connectivity index (χ0n) is 12.0. The van der Waals surface area contributed by atoms with Gasteiger partial charge in [0.05, 0.1) is 17.9 Å². The Balaban J connectivity index is 1.93. The largest absolute Gasteiger partial charge is 0.348 e. The molecule has 1 unspecified atom stereocenters. The number of carbonyl (C=O) groups excluding carboxylic acids is 1. The number of carbonyl (C=O) groups is 1. The van der Waals surface area contributed by atoms with Gasteiger partial charge in [0, 0.05) is 11.6 Å². The third-order valence-electron chi connectivity index (χ3n) is 3.00. The standard InChI is InChI=1S/C14H18ClN5O/c1-10(12-5-3-4-6-13(12)15)17-14(21)9-20-8-11(7-16-2)18-19-20/h3-6,8,10,16H,7,9H2,1-2H3,(H,17,21). The van der Waals surface area contributed by atoms with Gasteiger partial charge in [-0.05, 0) is 25.6 Å². The molecule has 1 atom stereocenters. The first kappa shape index (κ1) is 15.5. The molecule has 0 bridgehead atoms. The number of nitrogens with zero attached hydrogens (tertiary/aromatic N) is 3. The second kappa shape index (κ2) is 7.19. The summed E-state index contributed by atoms with van der Waals surface area (Å²) in [5, 5.41) is 14.4. The maximum atomic E-state index is 12.0. The van der Waals surface area contributed by atoms with Gasteiger partial charge in [0.25, 0.3) is 0 Å². The van der Waals surface area contributed by atoms with Gasteiger partial charge in [-0.3, -0.25) is 4.79 Å². The van der Waals surface area contributed by atoms with E-state index < -0.39 is 0 Å². The Bertz CT molecular complexity index is 613. The van der Waals surface area contributed by atoms with Gasteiger partial charge in [-0.2, -0.15) is 0 Å². The molecule has 1 aromatic carbocycles. The second-order valence-corrected chi connectivity index (χ2v) is 5.16. The molecule has 7 heteroatoms. The lowest BCUT2D eigenvalue weighted by Gasteiger charge is -2.15. The van der Waals surface area contributed by atoms with E-state index >= 15 is 0 Å². The van der Waals surface area contributed by atoms with Crippen molar-refractivity contribution in [3.05, 3.63) is 46.7 Å². The molecule has 0 fully saturated rings. The first-order valence-corrected chi connectivity index (χ1v) is 7.05. The Morgan fingerprint density at radius 2 is 2.19 bits per heavy atom. The third kappa shape index (κ3) is 4.27. The maximum absolute atomic E-state index is 12.0. The normalized spacial score (nSPS) is 12.1. The molecule has 0 aliphatic carbocycles. The minimum atomic E-state index is -0.161. The first-order chi connectivity index (χ1) is 10.1. The molecule has 1 heterocycles. The predicted octanol–water partition coefficient (Wildman–Crippen LogP) is 1.53. The van der Waals surface area contributed by atoms with Crippen LogP contribution in [0.25, 0.3) is 0 Å². The molecule has 2 aromatic rings. The zero-order chi connectivity index (χ0) is 15.2. The lowest BCUT2D eigenvalue weighted by molar-refractivity contribution is -0.122. The number of benzene rings is 1. The van der Waals surface area contributed by atoms with Crippen LogP contribution in [0.5, 0.6) is 0 Å². The fraction of sp³-hybridized carbons (Fsp3) is 0.357.